The molecule has 3 N–H and O–H groups in total. The second-order valence-corrected chi connectivity index (χ2v) is 4.07. The van der Waals surface area contributed by atoms with Crippen LogP contribution in [0.25, 0.3) is 0 Å². The fourth-order valence-corrected chi connectivity index (χ4v) is 1.57. The Kier molecular flexibility index (Phi) is 4.02. The van der Waals surface area contributed by atoms with Crippen molar-refractivity contribution in [2.24, 2.45) is 17.6 Å². The maximum Gasteiger partial charge on any atom is 0.00963 e. The Morgan fingerprint density at radius 1 is 1.58 bits per heavy atom. The molecule has 1 rings (SSSR count). The number of nitrogens with one attached hydrogen (secondary N) is 1. The summed E-state index contributed by atoms with van der Waals surface area (Å²) in [6.07, 6.45) is 3.84. The van der Waals surface area contributed by atoms with Gasteiger partial charge >= 0.3 is 0 Å². The summed E-state index contributed by atoms with van der Waals surface area (Å²) in [7, 11) is 0. The van der Waals surface area contributed by atoms with Crippen LogP contribution in [0.3, 0.4) is 0 Å². The summed E-state index contributed by atoms with van der Waals surface area (Å²) in [6.45, 7) is 6.53. The van der Waals surface area contributed by atoms with Gasteiger partial charge in [0.1, 0.15) is 0 Å². The van der Waals surface area contributed by atoms with Gasteiger partial charge in [0, 0.05) is 6.04 Å². The number of hydrogen-bond donors (Lipinski definition) is 2. The highest BCUT2D eigenvalue weighted by Gasteiger charge is 2.31. The first-order valence-corrected chi connectivity index (χ1v) is 5.21. The molecule has 0 aliphatic heterocycles. The van der Waals surface area contributed by atoms with E-state index in [9.17, 15) is 0 Å². The summed E-state index contributed by atoms with van der Waals surface area (Å²) in [5.41, 5.74) is 5.62. The van der Waals surface area contributed by atoms with Crippen LogP contribution in [0.5, 0.6) is 0 Å². The molecule has 0 bridgehead atoms. The van der Waals surface area contributed by atoms with Crippen molar-refractivity contribution in [3.05, 3.63) is 0 Å². The Morgan fingerprint density at radius 2 is 2.25 bits per heavy atom. The van der Waals surface area contributed by atoms with Crippen LogP contribution in [-0.2, 0) is 0 Å². The topological polar surface area (TPSA) is 38.0 Å². The molecule has 0 saturated heterocycles. The minimum atomic E-state index is 0.728. The highest BCUT2D eigenvalue weighted by atomic mass is 15.0. The van der Waals surface area contributed by atoms with Crippen molar-refractivity contribution in [3.8, 4) is 0 Å². The van der Waals surface area contributed by atoms with E-state index in [1.165, 1.54) is 19.3 Å². The Labute approximate surface area is 75.9 Å². The van der Waals surface area contributed by atoms with E-state index < -0.39 is 0 Å². The first kappa shape index (κ1) is 10.0. The number of hydrogen-bond acceptors (Lipinski definition) is 2. The highest BCUT2D eigenvalue weighted by molar-refractivity contribution is 4.89. The highest BCUT2D eigenvalue weighted by Crippen LogP contribution is 2.28. The molecule has 0 aromatic heterocycles. The molecule has 3 unspecified atom stereocenters. The van der Waals surface area contributed by atoms with Gasteiger partial charge in [-0.25, -0.2) is 0 Å². The maximum atomic E-state index is 5.62. The lowest BCUT2D eigenvalue weighted by atomic mass is 10.0. The van der Waals surface area contributed by atoms with E-state index in [0.29, 0.717) is 0 Å². The van der Waals surface area contributed by atoms with Crippen molar-refractivity contribution in [1.29, 1.82) is 0 Å². The van der Waals surface area contributed by atoms with Gasteiger partial charge in [-0.3, -0.25) is 0 Å². The zero-order valence-corrected chi connectivity index (χ0v) is 8.34. The van der Waals surface area contributed by atoms with Crippen molar-refractivity contribution in [2.45, 2.75) is 39.2 Å². The van der Waals surface area contributed by atoms with E-state index in [2.05, 4.69) is 19.2 Å². The van der Waals surface area contributed by atoms with E-state index in [4.69, 9.17) is 5.73 Å². The molecule has 1 aliphatic rings. The molecule has 2 nitrogen and oxygen atoms in total. The Balaban J connectivity index is 1.93. The minimum absolute atomic E-state index is 0.728. The Hall–Kier alpha value is -0.0800. The molecule has 0 heterocycles. The molecule has 3 atom stereocenters. The number of nitrogens with two attached hydrogens (primary N) is 1. The van der Waals surface area contributed by atoms with E-state index in [0.717, 1.165) is 31.0 Å². The molecule has 0 aromatic rings. The average molecular weight is 170 g/mol. The Morgan fingerprint density at radius 3 is 2.67 bits per heavy atom. The van der Waals surface area contributed by atoms with Gasteiger partial charge in [-0.15, -0.1) is 0 Å². The molecule has 1 aliphatic carbocycles. The van der Waals surface area contributed by atoms with Crippen LogP contribution in [0, 0.1) is 11.8 Å². The molecule has 2 heteroatoms. The van der Waals surface area contributed by atoms with Crippen LogP contribution in [-0.4, -0.2) is 19.1 Å². The third kappa shape index (κ3) is 3.11. The molecular formula is C10H22N2. The summed E-state index contributed by atoms with van der Waals surface area (Å²) in [5, 5.41) is 3.55. The summed E-state index contributed by atoms with van der Waals surface area (Å²) < 4.78 is 0. The molecule has 0 spiro atoms. The third-order valence-electron chi connectivity index (χ3n) is 2.98. The average Bonchev–Trinajstić information content (AvgIpc) is 2.76. The standard InChI is InChI=1S/C10H22N2/c1-3-9(7-11)4-5-12-10-6-8(10)2/h8-10,12H,3-7,11H2,1-2H3. The van der Waals surface area contributed by atoms with Crippen LogP contribution >= 0.6 is 0 Å². The largest absolute Gasteiger partial charge is 0.330 e. The first-order chi connectivity index (χ1) is 5.77. The smallest absolute Gasteiger partial charge is 0.00963 e. The van der Waals surface area contributed by atoms with Crippen molar-refractivity contribution in [2.75, 3.05) is 13.1 Å². The van der Waals surface area contributed by atoms with Gasteiger partial charge in [0.2, 0.25) is 0 Å². The van der Waals surface area contributed by atoms with Crippen LogP contribution in [0.15, 0.2) is 0 Å². The van der Waals surface area contributed by atoms with Crippen molar-refractivity contribution in [1.82, 2.24) is 5.32 Å². The molecule has 0 aromatic carbocycles. The van der Waals surface area contributed by atoms with Gasteiger partial charge in [0.25, 0.3) is 0 Å². The summed E-state index contributed by atoms with van der Waals surface area (Å²) in [4.78, 5) is 0. The molecule has 12 heavy (non-hydrogen) atoms. The van der Waals surface area contributed by atoms with Crippen LogP contribution in [0.2, 0.25) is 0 Å². The van der Waals surface area contributed by atoms with Gasteiger partial charge in [0.05, 0.1) is 0 Å². The summed E-state index contributed by atoms with van der Waals surface area (Å²) >= 11 is 0. The van der Waals surface area contributed by atoms with Gasteiger partial charge in [-0.1, -0.05) is 20.3 Å². The third-order valence-corrected chi connectivity index (χ3v) is 2.98. The van der Waals surface area contributed by atoms with Crippen molar-refractivity contribution < 1.29 is 0 Å². The van der Waals surface area contributed by atoms with E-state index >= 15 is 0 Å². The van der Waals surface area contributed by atoms with E-state index in [1.54, 1.807) is 0 Å². The fraction of sp³-hybridized carbons (Fsp3) is 1.00. The molecule has 1 fully saturated rings. The normalized spacial score (nSPS) is 30.2. The van der Waals surface area contributed by atoms with Gasteiger partial charge in [-0.2, -0.15) is 0 Å². The fourth-order valence-electron chi connectivity index (χ4n) is 1.57. The van der Waals surface area contributed by atoms with Gasteiger partial charge in [0.15, 0.2) is 0 Å². The van der Waals surface area contributed by atoms with E-state index in [1.807, 2.05) is 0 Å². The second-order valence-electron chi connectivity index (χ2n) is 4.07. The first-order valence-electron chi connectivity index (χ1n) is 5.21. The predicted molar refractivity (Wildman–Crippen MR) is 53.0 cm³/mol. The summed E-state index contributed by atoms with van der Waals surface area (Å²) in [5.74, 6) is 1.65. The predicted octanol–water partition coefficient (Wildman–Crippen LogP) is 1.36. The molecule has 0 radical (unpaired) electrons. The second kappa shape index (κ2) is 4.83. The SMILES string of the molecule is CCC(CN)CCNC1CC1C. The Bertz CT molecular complexity index is 121. The monoisotopic (exact) mass is 170 g/mol. The van der Waals surface area contributed by atoms with Crippen LogP contribution in [0.4, 0.5) is 0 Å². The van der Waals surface area contributed by atoms with Gasteiger partial charge < -0.3 is 11.1 Å². The van der Waals surface area contributed by atoms with Crippen molar-refractivity contribution >= 4 is 0 Å². The lowest BCUT2D eigenvalue weighted by Gasteiger charge is -2.11. The molecule has 72 valence electrons. The molecular weight excluding hydrogens is 148 g/mol. The summed E-state index contributed by atoms with van der Waals surface area (Å²) in [6, 6.07) is 0.820. The molecule has 1 saturated carbocycles. The zero-order chi connectivity index (χ0) is 8.97. The number of rotatable bonds is 6. The molecule has 0 amide bonds. The minimum Gasteiger partial charge on any atom is -0.330 e. The lowest BCUT2D eigenvalue weighted by Crippen LogP contribution is -2.24. The van der Waals surface area contributed by atoms with Crippen molar-refractivity contribution in [3.63, 3.8) is 0 Å². The van der Waals surface area contributed by atoms with E-state index in [-0.39, 0.29) is 0 Å². The van der Waals surface area contributed by atoms with Crippen LogP contribution < -0.4 is 11.1 Å². The zero-order valence-electron chi connectivity index (χ0n) is 8.34. The lowest BCUT2D eigenvalue weighted by molar-refractivity contribution is 0.456. The van der Waals surface area contributed by atoms with Gasteiger partial charge in [-0.05, 0) is 37.8 Å². The quantitative estimate of drug-likeness (QED) is 0.631. The maximum absolute atomic E-state index is 5.62. The van der Waals surface area contributed by atoms with Crippen LogP contribution in [0.1, 0.15) is 33.1 Å².